The fourth-order valence-electron chi connectivity index (χ4n) is 4.22. The van der Waals surface area contributed by atoms with E-state index in [1.807, 2.05) is 40.6 Å². The minimum absolute atomic E-state index is 0.796. The summed E-state index contributed by atoms with van der Waals surface area (Å²) in [5.41, 5.74) is 11.2. The molecule has 1 aliphatic rings. The van der Waals surface area contributed by atoms with E-state index in [2.05, 4.69) is 115 Å². The lowest BCUT2D eigenvalue weighted by molar-refractivity contribution is 0.771. The summed E-state index contributed by atoms with van der Waals surface area (Å²) in [5.74, 6) is 0.796. The molecule has 35 heavy (non-hydrogen) atoms. The molecule has 0 unspecified atom stereocenters. The Morgan fingerprint density at radius 3 is 1.29 bits per heavy atom. The van der Waals surface area contributed by atoms with Gasteiger partial charge >= 0.3 is 0 Å². The van der Waals surface area contributed by atoms with Gasteiger partial charge in [-0.3, -0.25) is 5.43 Å². The predicted octanol–water partition coefficient (Wildman–Crippen LogP) is 7.13. The van der Waals surface area contributed by atoms with Crippen molar-refractivity contribution in [1.29, 1.82) is 0 Å². The van der Waals surface area contributed by atoms with Gasteiger partial charge in [0.25, 0.3) is 0 Å². The smallest absolute Gasteiger partial charge is 0.176 e. The summed E-state index contributed by atoms with van der Waals surface area (Å²) in [4.78, 5) is 0. The van der Waals surface area contributed by atoms with Gasteiger partial charge in [0, 0.05) is 5.56 Å². The molecule has 0 atom stereocenters. The maximum atomic E-state index is 4.93. The molecule has 6 rings (SSSR count). The van der Waals surface area contributed by atoms with Gasteiger partial charge in [-0.2, -0.15) is 10.2 Å². The first-order valence-electron chi connectivity index (χ1n) is 11.7. The predicted molar refractivity (Wildman–Crippen MR) is 145 cm³/mol. The van der Waals surface area contributed by atoms with Crippen LogP contribution in [0.25, 0.3) is 22.3 Å². The van der Waals surface area contributed by atoms with Crippen LogP contribution in [0.4, 0.5) is 11.4 Å². The Morgan fingerprint density at radius 2 is 0.800 bits per heavy atom. The van der Waals surface area contributed by atoms with Crippen LogP contribution >= 0.6 is 0 Å². The van der Waals surface area contributed by atoms with Crippen LogP contribution in [-0.4, -0.2) is 5.84 Å². The number of hydrazine groups is 2. The minimum Gasteiger partial charge on any atom is -0.259 e. The zero-order valence-electron chi connectivity index (χ0n) is 19.1. The molecule has 5 aromatic rings. The zero-order valence-corrected chi connectivity index (χ0v) is 19.1. The van der Waals surface area contributed by atoms with Crippen LogP contribution in [0.1, 0.15) is 5.56 Å². The van der Waals surface area contributed by atoms with E-state index in [-0.39, 0.29) is 0 Å². The van der Waals surface area contributed by atoms with Gasteiger partial charge in [-0.15, -0.1) is 5.10 Å². The monoisotopic (exact) mass is 452 g/mol. The average Bonchev–Trinajstić information content (AvgIpc) is 3.40. The van der Waals surface area contributed by atoms with Crippen LogP contribution in [0.5, 0.6) is 0 Å². The van der Waals surface area contributed by atoms with Crippen LogP contribution in [0.15, 0.2) is 145 Å². The molecular formula is C31H24N4. The molecule has 168 valence electrons. The van der Waals surface area contributed by atoms with Crippen LogP contribution in [0, 0.1) is 0 Å². The lowest BCUT2D eigenvalue weighted by Crippen LogP contribution is -2.44. The third kappa shape index (κ3) is 4.25. The zero-order chi connectivity index (χ0) is 23.5. The van der Waals surface area contributed by atoms with E-state index < -0.39 is 0 Å². The Hall–Kier alpha value is -4.83. The summed E-state index contributed by atoms with van der Waals surface area (Å²) in [5, 5.41) is 8.83. The molecule has 0 aromatic heterocycles. The second-order valence-electron chi connectivity index (χ2n) is 8.35. The van der Waals surface area contributed by atoms with E-state index >= 15 is 0 Å². The summed E-state index contributed by atoms with van der Waals surface area (Å²) >= 11 is 0. The van der Waals surface area contributed by atoms with E-state index in [4.69, 9.17) is 5.10 Å². The number of hydrogen-bond acceptors (Lipinski definition) is 4. The van der Waals surface area contributed by atoms with Crippen molar-refractivity contribution in [3.63, 3.8) is 0 Å². The molecule has 0 spiro atoms. The van der Waals surface area contributed by atoms with Gasteiger partial charge in [-0.05, 0) is 46.5 Å². The van der Waals surface area contributed by atoms with Crippen molar-refractivity contribution in [2.45, 2.75) is 0 Å². The second kappa shape index (κ2) is 9.20. The Bertz CT molecular complexity index is 1430. The summed E-state index contributed by atoms with van der Waals surface area (Å²) in [6.45, 7) is 0. The number of rotatable bonds is 5. The van der Waals surface area contributed by atoms with Gasteiger partial charge < -0.3 is 0 Å². The number of nitrogens with one attached hydrogen (secondary N) is 1. The molecule has 0 radical (unpaired) electrons. The molecule has 0 amide bonds. The average molecular weight is 453 g/mol. The minimum atomic E-state index is 0.796. The fourth-order valence-corrected chi connectivity index (χ4v) is 4.22. The highest BCUT2D eigenvalue weighted by Crippen LogP contribution is 2.30. The van der Waals surface area contributed by atoms with Crippen molar-refractivity contribution in [1.82, 2.24) is 5.43 Å². The van der Waals surface area contributed by atoms with Crippen LogP contribution in [0.3, 0.4) is 0 Å². The van der Waals surface area contributed by atoms with Gasteiger partial charge in [0.15, 0.2) is 5.84 Å². The van der Waals surface area contributed by atoms with Gasteiger partial charge in [0.1, 0.15) is 0 Å². The number of amidine groups is 1. The molecule has 0 saturated heterocycles. The summed E-state index contributed by atoms with van der Waals surface area (Å²) in [7, 11) is 0. The van der Waals surface area contributed by atoms with Crippen molar-refractivity contribution in [3.05, 3.63) is 145 Å². The maximum Gasteiger partial charge on any atom is 0.176 e. The lowest BCUT2D eigenvalue weighted by Gasteiger charge is -2.28. The van der Waals surface area contributed by atoms with Crippen molar-refractivity contribution >= 4 is 17.2 Å². The SMILES string of the molecule is c1ccc(C2=NN(c3ccc(-c4ccccc4)cc3)N(c3ccc(-c4ccccc4)cc3)N2)cc1. The Balaban J connectivity index is 1.34. The van der Waals surface area contributed by atoms with Crippen molar-refractivity contribution in [3.8, 4) is 22.3 Å². The van der Waals surface area contributed by atoms with Gasteiger partial charge in [-0.25, -0.2) is 0 Å². The third-order valence-corrected chi connectivity index (χ3v) is 6.07. The van der Waals surface area contributed by atoms with E-state index in [9.17, 15) is 0 Å². The molecule has 1 N–H and O–H groups in total. The second-order valence-corrected chi connectivity index (χ2v) is 8.35. The molecule has 0 fully saturated rings. The summed E-state index contributed by atoms with van der Waals surface area (Å²) in [6.07, 6.45) is 0. The maximum absolute atomic E-state index is 4.93. The highest BCUT2D eigenvalue weighted by molar-refractivity contribution is 6.02. The fraction of sp³-hybridized carbons (Fsp3) is 0. The van der Waals surface area contributed by atoms with Gasteiger partial charge in [-0.1, -0.05) is 115 Å². The molecular weight excluding hydrogens is 428 g/mol. The van der Waals surface area contributed by atoms with Crippen molar-refractivity contribution in [2.75, 3.05) is 10.2 Å². The molecule has 4 heteroatoms. The topological polar surface area (TPSA) is 30.9 Å². The molecule has 1 heterocycles. The Labute approximate surface area is 205 Å². The van der Waals surface area contributed by atoms with E-state index in [0.717, 1.165) is 22.8 Å². The first-order valence-corrected chi connectivity index (χ1v) is 11.7. The third-order valence-electron chi connectivity index (χ3n) is 6.07. The Kier molecular flexibility index (Phi) is 5.45. The first kappa shape index (κ1) is 20.8. The van der Waals surface area contributed by atoms with E-state index in [1.54, 1.807) is 0 Å². The number of hydrazone groups is 1. The summed E-state index contributed by atoms with van der Waals surface area (Å²) in [6, 6.07) is 48.0. The number of hydrogen-bond donors (Lipinski definition) is 1. The first-order chi connectivity index (χ1) is 17.3. The molecule has 0 aliphatic carbocycles. The van der Waals surface area contributed by atoms with Crippen LogP contribution in [-0.2, 0) is 0 Å². The molecule has 5 aromatic carbocycles. The Morgan fingerprint density at radius 1 is 0.400 bits per heavy atom. The molecule has 0 bridgehead atoms. The van der Waals surface area contributed by atoms with E-state index in [0.29, 0.717) is 0 Å². The van der Waals surface area contributed by atoms with Crippen molar-refractivity contribution < 1.29 is 0 Å². The molecule has 0 saturated carbocycles. The largest absolute Gasteiger partial charge is 0.259 e. The quantitative estimate of drug-likeness (QED) is 0.308. The normalized spacial score (nSPS) is 12.9. The van der Waals surface area contributed by atoms with Crippen LogP contribution in [0.2, 0.25) is 0 Å². The van der Waals surface area contributed by atoms with Crippen molar-refractivity contribution in [2.24, 2.45) is 5.10 Å². The molecule has 1 aliphatic heterocycles. The van der Waals surface area contributed by atoms with Gasteiger partial charge in [0.05, 0.1) is 11.4 Å². The van der Waals surface area contributed by atoms with Gasteiger partial charge in [0.2, 0.25) is 0 Å². The van der Waals surface area contributed by atoms with Crippen LogP contribution < -0.4 is 15.7 Å². The number of benzene rings is 5. The highest BCUT2D eigenvalue weighted by atomic mass is 15.9. The number of nitrogens with zero attached hydrogens (tertiary/aromatic N) is 3. The summed E-state index contributed by atoms with van der Waals surface area (Å²) < 4.78 is 0. The highest BCUT2D eigenvalue weighted by Gasteiger charge is 2.26. The molecule has 4 nitrogen and oxygen atoms in total. The number of anilines is 2. The standard InChI is InChI=1S/C31H24N4/c1-4-10-24(11-5-1)26-16-20-29(21-17-26)34-32-31(28-14-8-3-9-15-28)33-35(34)30-22-18-27(19-23-30)25-12-6-2-7-13-25/h1-23H,(H,32,33). The van der Waals surface area contributed by atoms with E-state index in [1.165, 1.54) is 22.3 Å². The lowest BCUT2D eigenvalue weighted by atomic mass is 10.1.